The molecule has 4 aromatic rings. The lowest BCUT2D eigenvalue weighted by Crippen LogP contribution is -2.47. The maximum atomic E-state index is 11.7. The number of aliphatic hydroxyl groups is 1. The first-order valence-electron chi connectivity index (χ1n) is 11.8. The van der Waals surface area contributed by atoms with Gasteiger partial charge in [-0.25, -0.2) is 9.97 Å². The second-order valence-electron chi connectivity index (χ2n) is 8.50. The number of nitrogens with one attached hydrogen (secondary N) is 2. The summed E-state index contributed by atoms with van der Waals surface area (Å²) < 4.78 is 1.76. The quantitative estimate of drug-likeness (QED) is 0.328. The van der Waals surface area contributed by atoms with Gasteiger partial charge in [0.15, 0.2) is 5.65 Å². The minimum atomic E-state index is -0.273. The highest BCUT2D eigenvalue weighted by molar-refractivity contribution is 5.99. The number of hydrogen-bond acceptors (Lipinski definition) is 8. The summed E-state index contributed by atoms with van der Waals surface area (Å²) in [7, 11) is 0. The van der Waals surface area contributed by atoms with Crippen LogP contribution in [0.3, 0.4) is 0 Å². The van der Waals surface area contributed by atoms with E-state index in [9.17, 15) is 4.79 Å². The van der Waals surface area contributed by atoms with Gasteiger partial charge in [0.25, 0.3) is 0 Å². The highest BCUT2D eigenvalue weighted by Crippen LogP contribution is 2.26. The largest absolute Gasteiger partial charge is 0.395 e. The van der Waals surface area contributed by atoms with Gasteiger partial charge in [0.1, 0.15) is 18.3 Å². The number of nitrogens with zero attached hydrogens (tertiary/aromatic N) is 6. The Morgan fingerprint density at radius 3 is 2.56 bits per heavy atom. The third kappa shape index (κ3) is 5.19. The van der Waals surface area contributed by atoms with E-state index in [1.54, 1.807) is 17.1 Å². The number of rotatable bonds is 8. The van der Waals surface area contributed by atoms with Crippen LogP contribution in [0.1, 0.15) is 0 Å². The van der Waals surface area contributed by atoms with Gasteiger partial charge in [-0.2, -0.15) is 4.98 Å². The average Bonchev–Trinajstić information content (AvgIpc) is 3.33. The number of piperazine rings is 1. The summed E-state index contributed by atoms with van der Waals surface area (Å²) in [6.07, 6.45) is 4.57. The predicted molar refractivity (Wildman–Crippen MR) is 141 cm³/mol. The average molecular weight is 485 g/mol. The predicted octanol–water partition coefficient (Wildman–Crippen LogP) is 2.77. The number of fused-ring (bicyclic) bond motifs is 1. The number of aliphatic hydroxyl groups excluding tert-OH is 1. The van der Waals surface area contributed by atoms with Crippen molar-refractivity contribution < 1.29 is 9.90 Å². The number of amides is 1. The number of carbonyl (C=O) groups excluding carboxylic acids is 1. The molecule has 0 unspecified atom stereocenters. The van der Waals surface area contributed by atoms with E-state index in [1.165, 1.54) is 11.8 Å². The fraction of sp³-hybridized carbons (Fsp3) is 0.231. The molecule has 0 atom stereocenters. The molecule has 1 amide bonds. The molecule has 10 nitrogen and oxygen atoms in total. The Bertz CT molecular complexity index is 1360. The SMILES string of the molecule is C=CC(=O)Nc1cccc(-c2ncn3cnc(Nc4ccc(N5CCN(CCO)CC5)cc4)nc23)c1. The molecule has 2 aromatic heterocycles. The molecular formula is C26H28N8O2. The van der Waals surface area contributed by atoms with E-state index in [4.69, 9.17) is 10.1 Å². The van der Waals surface area contributed by atoms with Crippen LogP contribution in [0, 0.1) is 0 Å². The van der Waals surface area contributed by atoms with Gasteiger partial charge >= 0.3 is 0 Å². The van der Waals surface area contributed by atoms with Crippen LogP contribution < -0.4 is 15.5 Å². The first-order valence-corrected chi connectivity index (χ1v) is 11.8. The van der Waals surface area contributed by atoms with Gasteiger partial charge in [-0.15, -0.1) is 0 Å². The molecule has 3 heterocycles. The molecule has 1 fully saturated rings. The number of anilines is 4. The Hall–Kier alpha value is -4.28. The van der Waals surface area contributed by atoms with Crippen LogP contribution >= 0.6 is 0 Å². The zero-order valence-corrected chi connectivity index (χ0v) is 19.8. The summed E-state index contributed by atoms with van der Waals surface area (Å²) in [6, 6.07) is 15.7. The lowest BCUT2D eigenvalue weighted by Gasteiger charge is -2.35. The van der Waals surface area contributed by atoms with Gasteiger partial charge in [0.05, 0.1) is 6.61 Å². The second-order valence-corrected chi connectivity index (χ2v) is 8.50. The van der Waals surface area contributed by atoms with Crippen LogP contribution in [0.4, 0.5) is 23.0 Å². The number of β-amino-alcohol motifs (C(OH)–C–C–N with tert-alkyl or cyclic N) is 1. The van der Waals surface area contributed by atoms with Crippen molar-refractivity contribution in [2.75, 3.05) is 54.9 Å². The summed E-state index contributed by atoms with van der Waals surface area (Å²) in [5.74, 6) is 0.191. The first-order chi connectivity index (χ1) is 17.6. The topological polar surface area (TPSA) is 111 Å². The summed E-state index contributed by atoms with van der Waals surface area (Å²) >= 11 is 0. The molecule has 0 aliphatic carbocycles. The smallest absolute Gasteiger partial charge is 0.247 e. The van der Waals surface area contributed by atoms with Gasteiger partial charge in [0, 0.05) is 55.3 Å². The molecule has 2 aromatic carbocycles. The van der Waals surface area contributed by atoms with Crippen molar-refractivity contribution in [1.82, 2.24) is 24.3 Å². The summed E-state index contributed by atoms with van der Waals surface area (Å²) in [6.45, 7) is 8.20. The van der Waals surface area contributed by atoms with Crippen molar-refractivity contribution in [2.24, 2.45) is 0 Å². The van der Waals surface area contributed by atoms with Crippen molar-refractivity contribution >= 4 is 34.6 Å². The number of aromatic nitrogens is 4. The van der Waals surface area contributed by atoms with Crippen LogP contribution in [0.15, 0.2) is 73.8 Å². The minimum Gasteiger partial charge on any atom is -0.395 e. The third-order valence-corrected chi connectivity index (χ3v) is 6.15. The van der Waals surface area contributed by atoms with E-state index in [0.717, 1.165) is 44.0 Å². The fourth-order valence-electron chi connectivity index (χ4n) is 4.25. The first kappa shape index (κ1) is 23.5. The zero-order chi connectivity index (χ0) is 24.9. The summed E-state index contributed by atoms with van der Waals surface area (Å²) in [4.78, 5) is 29.9. The lowest BCUT2D eigenvalue weighted by atomic mass is 10.1. The summed E-state index contributed by atoms with van der Waals surface area (Å²) in [5.41, 5.74) is 4.87. The van der Waals surface area contributed by atoms with Crippen molar-refractivity contribution in [3.8, 4) is 11.3 Å². The Balaban J connectivity index is 1.31. The molecule has 0 saturated carbocycles. The van der Waals surface area contributed by atoms with Crippen LogP contribution in [-0.2, 0) is 4.79 Å². The van der Waals surface area contributed by atoms with E-state index in [-0.39, 0.29) is 12.5 Å². The summed E-state index contributed by atoms with van der Waals surface area (Å²) in [5, 5.41) is 15.2. The van der Waals surface area contributed by atoms with Crippen molar-refractivity contribution in [1.29, 1.82) is 0 Å². The maximum Gasteiger partial charge on any atom is 0.247 e. The van der Waals surface area contributed by atoms with Gasteiger partial charge in [-0.1, -0.05) is 18.7 Å². The number of imidazole rings is 1. The van der Waals surface area contributed by atoms with Crippen LogP contribution in [0.25, 0.3) is 16.9 Å². The fourth-order valence-corrected chi connectivity index (χ4v) is 4.25. The minimum absolute atomic E-state index is 0.204. The Morgan fingerprint density at radius 2 is 1.81 bits per heavy atom. The third-order valence-electron chi connectivity index (χ3n) is 6.15. The Morgan fingerprint density at radius 1 is 1.03 bits per heavy atom. The van der Waals surface area contributed by atoms with E-state index < -0.39 is 0 Å². The molecule has 0 radical (unpaired) electrons. The van der Waals surface area contributed by atoms with Gasteiger partial charge < -0.3 is 20.6 Å². The van der Waals surface area contributed by atoms with E-state index in [1.807, 2.05) is 36.4 Å². The molecule has 184 valence electrons. The standard InChI is InChI=1S/C26H28N8O2/c1-2-23(36)29-21-5-3-4-19(16-21)24-25-31-26(28-18-34(25)17-27-24)30-20-6-8-22(9-7-20)33-12-10-32(11-13-33)14-15-35/h2-9,16-18,35H,1,10-15H2,(H,29,36)(H,30,31). The van der Waals surface area contributed by atoms with Gasteiger partial charge in [-0.05, 0) is 42.5 Å². The van der Waals surface area contributed by atoms with Crippen LogP contribution in [-0.4, -0.2) is 74.6 Å². The molecule has 10 heteroatoms. The number of hydrogen-bond donors (Lipinski definition) is 3. The Labute approximate surface area is 208 Å². The molecular weight excluding hydrogens is 456 g/mol. The van der Waals surface area contributed by atoms with Crippen LogP contribution in [0.2, 0.25) is 0 Å². The van der Waals surface area contributed by atoms with Crippen molar-refractivity contribution in [2.45, 2.75) is 0 Å². The molecule has 0 bridgehead atoms. The molecule has 0 spiro atoms. The molecule has 1 aliphatic heterocycles. The molecule has 36 heavy (non-hydrogen) atoms. The second kappa shape index (κ2) is 10.5. The lowest BCUT2D eigenvalue weighted by molar-refractivity contribution is -0.111. The van der Waals surface area contributed by atoms with Crippen molar-refractivity contribution in [3.63, 3.8) is 0 Å². The molecule has 1 saturated heterocycles. The van der Waals surface area contributed by atoms with E-state index >= 15 is 0 Å². The number of benzene rings is 2. The van der Waals surface area contributed by atoms with Crippen molar-refractivity contribution in [3.05, 3.63) is 73.8 Å². The normalized spacial score (nSPS) is 14.1. The monoisotopic (exact) mass is 484 g/mol. The highest BCUT2D eigenvalue weighted by atomic mass is 16.3. The Kier molecular flexibility index (Phi) is 6.87. The highest BCUT2D eigenvalue weighted by Gasteiger charge is 2.17. The molecule has 5 rings (SSSR count). The zero-order valence-electron chi connectivity index (χ0n) is 19.8. The maximum absolute atomic E-state index is 11.7. The van der Waals surface area contributed by atoms with E-state index in [0.29, 0.717) is 23.0 Å². The van der Waals surface area contributed by atoms with Gasteiger partial charge in [0.2, 0.25) is 11.9 Å². The van der Waals surface area contributed by atoms with E-state index in [2.05, 4.69) is 49.1 Å². The molecule has 3 N–H and O–H groups in total. The number of carbonyl (C=O) groups is 1. The van der Waals surface area contributed by atoms with Crippen LogP contribution in [0.5, 0.6) is 0 Å². The molecule has 1 aliphatic rings. The van der Waals surface area contributed by atoms with Gasteiger partial charge in [-0.3, -0.25) is 14.1 Å².